The predicted octanol–water partition coefficient (Wildman–Crippen LogP) is 2.02. The smallest absolute Gasteiger partial charge is 0.00767 e. The third kappa shape index (κ3) is 8.48. The van der Waals surface area contributed by atoms with E-state index in [0.717, 1.165) is 31.5 Å². The molecule has 2 aliphatic rings. The van der Waals surface area contributed by atoms with E-state index in [-0.39, 0.29) is 0 Å². The summed E-state index contributed by atoms with van der Waals surface area (Å²) >= 11 is 0. The van der Waals surface area contributed by atoms with Crippen LogP contribution < -0.4 is 10.6 Å². The van der Waals surface area contributed by atoms with Crippen molar-refractivity contribution in [3.05, 3.63) is 0 Å². The van der Waals surface area contributed by atoms with Gasteiger partial charge in [-0.05, 0) is 83.2 Å². The Labute approximate surface area is 144 Å². The summed E-state index contributed by atoms with van der Waals surface area (Å²) in [5, 5.41) is 7.14. The van der Waals surface area contributed by atoms with Crippen molar-refractivity contribution in [3.63, 3.8) is 0 Å². The Bertz CT molecular complexity index is 281. The van der Waals surface area contributed by atoms with Crippen molar-refractivity contribution in [3.8, 4) is 0 Å². The normalized spacial score (nSPS) is 26.9. The molecule has 0 aliphatic carbocycles. The molecule has 4 heteroatoms. The molecule has 0 amide bonds. The van der Waals surface area contributed by atoms with Crippen LogP contribution in [0.5, 0.6) is 0 Å². The van der Waals surface area contributed by atoms with Crippen molar-refractivity contribution >= 4 is 0 Å². The lowest BCUT2D eigenvalue weighted by Crippen LogP contribution is -2.40. The van der Waals surface area contributed by atoms with Crippen molar-refractivity contribution in [2.24, 2.45) is 11.8 Å². The Morgan fingerprint density at radius 1 is 0.739 bits per heavy atom. The van der Waals surface area contributed by atoms with Crippen molar-refractivity contribution in [2.75, 3.05) is 65.4 Å². The summed E-state index contributed by atoms with van der Waals surface area (Å²) in [4.78, 5) is 5.26. The lowest BCUT2D eigenvalue weighted by Gasteiger charge is -2.34. The van der Waals surface area contributed by atoms with Crippen LogP contribution in [-0.4, -0.2) is 75.2 Å². The van der Waals surface area contributed by atoms with E-state index in [2.05, 4.69) is 34.3 Å². The van der Waals surface area contributed by atoms with E-state index in [4.69, 9.17) is 0 Å². The van der Waals surface area contributed by atoms with Gasteiger partial charge in [0.05, 0.1) is 0 Å². The summed E-state index contributed by atoms with van der Waals surface area (Å²) in [6.45, 7) is 17.2. The van der Waals surface area contributed by atoms with Gasteiger partial charge in [0, 0.05) is 26.2 Å². The lowest BCUT2D eigenvalue weighted by atomic mass is 9.92. The summed E-state index contributed by atoms with van der Waals surface area (Å²) in [6, 6.07) is 0. The zero-order valence-electron chi connectivity index (χ0n) is 15.7. The number of nitrogens with one attached hydrogen (secondary N) is 2. The molecule has 2 fully saturated rings. The first-order chi connectivity index (χ1) is 11.2. The molecular formula is C19H40N4. The van der Waals surface area contributed by atoms with E-state index in [1.165, 1.54) is 77.9 Å². The third-order valence-electron chi connectivity index (χ3n) is 5.28. The quantitative estimate of drug-likeness (QED) is 0.569. The molecule has 2 N–H and O–H groups in total. The maximum absolute atomic E-state index is 3.58. The Balaban J connectivity index is 1.32. The van der Waals surface area contributed by atoms with Crippen molar-refractivity contribution in [2.45, 2.75) is 46.0 Å². The number of rotatable bonds is 11. The molecule has 0 radical (unpaired) electrons. The third-order valence-corrected chi connectivity index (χ3v) is 5.28. The first-order valence-corrected chi connectivity index (χ1v) is 10.1. The zero-order chi connectivity index (χ0) is 16.3. The molecule has 4 nitrogen and oxygen atoms in total. The van der Waals surface area contributed by atoms with Gasteiger partial charge in [0.1, 0.15) is 0 Å². The van der Waals surface area contributed by atoms with Gasteiger partial charge >= 0.3 is 0 Å². The molecule has 23 heavy (non-hydrogen) atoms. The summed E-state index contributed by atoms with van der Waals surface area (Å²) in [6.07, 6.45) is 6.82. The van der Waals surface area contributed by atoms with Crippen LogP contribution in [0.4, 0.5) is 0 Å². The number of nitrogens with zero attached hydrogens (tertiary/aromatic N) is 2. The summed E-state index contributed by atoms with van der Waals surface area (Å²) in [5.74, 6) is 1.77. The standard InChI is InChI=1S/C19H40N4/c1-18-15-19(2)17-23(16-18)14-6-8-21-10-9-20-7-5-13-22-11-3-4-12-22/h18-21H,3-17H2,1-2H3. The second kappa shape index (κ2) is 11.4. The van der Waals surface area contributed by atoms with E-state index in [0.29, 0.717) is 0 Å². The zero-order valence-corrected chi connectivity index (χ0v) is 15.7. The number of hydrogen-bond acceptors (Lipinski definition) is 4. The average Bonchev–Trinajstić information content (AvgIpc) is 3.01. The Morgan fingerprint density at radius 3 is 1.83 bits per heavy atom. The Hall–Kier alpha value is -0.160. The predicted molar refractivity (Wildman–Crippen MR) is 100 cm³/mol. The van der Waals surface area contributed by atoms with Gasteiger partial charge in [0.15, 0.2) is 0 Å². The first-order valence-electron chi connectivity index (χ1n) is 10.1. The monoisotopic (exact) mass is 324 g/mol. The summed E-state index contributed by atoms with van der Waals surface area (Å²) < 4.78 is 0. The van der Waals surface area contributed by atoms with Gasteiger partial charge in [-0.2, -0.15) is 0 Å². The number of likely N-dealkylation sites (tertiary alicyclic amines) is 2. The highest BCUT2D eigenvalue weighted by atomic mass is 15.1. The number of hydrogen-bond donors (Lipinski definition) is 2. The topological polar surface area (TPSA) is 30.5 Å². The molecule has 2 rings (SSSR count). The SMILES string of the molecule is CC1CC(C)CN(CCCNCCNCCCN2CCCC2)C1. The molecule has 0 aromatic rings. The Morgan fingerprint density at radius 2 is 1.26 bits per heavy atom. The van der Waals surface area contributed by atoms with E-state index >= 15 is 0 Å². The van der Waals surface area contributed by atoms with E-state index < -0.39 is 0 Å². The lowest BCUT2D eigenvalue weighted by molar-refractivity contribution is 0.139. The maximum atomic E-state index is 3.58. The van der Waals surface area contributed by atoms with Crippen LogP contribution in [0.1, 0.15) is 46.0 Å². The van der Waals surface area contributed by atoms with Crippen molar-refractivity contribution in [1.82, 2.24) is 20.4 Å². The van der Waals surface area contributed by atoms with Crippen molar-refractivity contribution < 1.29 is 0 Å². The van der Waals surface area contributed by atoms with Crippen LogP contribution in [0.25, 0.3) is 0 Å². The molecular weight excluding hydrogens is 284 g/mol. The van der Waals surface area contributed by atoms with Crippen LogP contribution in [0.3, 0.4) is 0 Å². The van der Waals surface area contributed by atoms with Crippen LogP contribution in [-0.2, 0) is 0 Å². The van der Waals surface area contributed by atoms with Crippen LogP contribution in [0.15, 0.2) is 0 Å². The van der Waals surface area contributed by atoms with Crippen LogP contribution in [0, 0.1) is 11.8 Å². The fourth-order valence-electron chi connectivity index (χ4n) is 4.26. The van der Waals surface area contributed by atoms with Gasteiger partial charge in [-0.25, -0.2) is 0 Å². The van der Waals surface area contributed by atoms with E-state index in [1.54, 1.807) is 0 Å². The molecule has 136 valence electrons. The van der Waals surface area contributed by atoms with Gasteiger partial charge < -0.3 is 20.4 Å². The fraction of sp³-hybridized carbons (Fsp3) is 1.00. The van der Waals surface area contributed by atoms with Gasteiger partial charge in [-0.15, -0.1) is 0 Å². The first kappa shape index (κ1) is 19.2. The highest BCUT2D eigenvalue weighted by Crippen LogP contribution is 2.20. The molecule has 0 saturated carbocycles. The minimum Gasteiger partial charge on any atom is -0.315 e. The maximum Gasteiger partial charge on any atom is 0.00767 e. The fourth-order valence-corrected chi connectivity index (χ4v) is 4.26. The van der Waals surface area contributed by atoms with Crippen LogP contribution in [0.2, 0.25) is 0 Å². The van der Waals surface area contributed by atoms with Crippen LogP contribution >= 0.6 is 0 Å². The van der Waals surface area contributed by atoms with Crippen molar-refractivity contribution in [1.29, 1.82) is 0 Å². The molecule has 2 unspecified atom stereocenters. The van der Waals surface area contributed by atoms with Gasteiger partial charge in [-0.1, -0.05) is 13.8 Å². The molecule has 0 aromatic heterocycles. The molecule has 0 spiro atoms. The number of piperidine rings is 1. The molecule has 2 saturated heterocycles. The summed E-state index contributed by atoms with van der Waals surface area (Å²) in [5.41, 5.74) is 0. The van der Waals surface area contributed by atoms with Gasteiger partial charge in [-0.3, -0.25) is 0 Å². The van der Waals surface area contributed by atoms with Gasteiger partial charge in [0.2, 0.25) is 0 Å². The summed E-state index contributed by atoms with van der Waals surface area (Å²) in [7, 11) is 0. The Kier molecular flexibility index (Phi) is 9.50. The van der Waals surface area contributed by atoms with Gasteiger partial charge in [0.25, 0.3) is 0 Å². The highest BCUT2D eigenvalue weighted by Gasteiger charge is 2.20. The van der Waals surface area contributed by atoms with E-state index in [1.807, 2.05) is 0 Å². The minimum absolute atomic E-state index is 0.886. The average molecular weight is 325 g/mol. The largest absolute Gasteiger partial charge is 0.315 e. The molecule has 2 heterocycles. The molecule has 2 atom stereocenters. The molecule has 0 aromatic carbocycles. The second-order valence-electron chi connectivity index (χ2n) is 7.96. The molecule has 0 bridgehead atoms. The van der Waals surface area contributed by atoms with E-state index in [9.17, 15) is 0 Å². The second-order valence-corrected chi connectivity index (χ2v) is 7.96. The highest BCUT2D eigenvalue weighted by molar-refractivity contribution is 4.74. The molecule has 2 aliphatic heterocycles. The minimum atomic E-state index is 0.886.